The number of nitrogens with one attached hydrogen (secondary N) is 2. The van der Waals surface area contributed by atoms with Gasteiger partial charge in [0.15, 0.2) is 0 Å². The summed E-state index contributed by atoms with van der Waals surface area (Å²) in [5, 5.41) is 11.5. The van der Waals surface area contributed by atoms with Gasteiger partial charge in [0.25, 0.3) is 0 Å². The maximum absolute atomic E-state index is 12.7. The number of nitrogen functional groups attached to an aromatic ring is 1. The Kier molecular flexibility index (Phi) is 7.03. The third-order valence-corrected chi connectivity index (χ3v) is 4.94. The predicted octanol–water partition coefficient (Wildman–Crippen LogP) is 4.88. The van der Waals surface area contributed by atoms with Gasteiger partial charge in [-0.15, -0.1) is 0 Å². The Balaban J connectivity index is 1.78. The van der Waals surface area contributed by atoms with Crippen LogP contribution in [0.5, 0.6) is 5.75 Å². The van der Waals surface area contributed by atoms with E-state index in [2.05, 4.69) is 10.3 Å². The van der Waals surface area contributed by atoms with Gasteiger partial charge in [-0.3, -0.25) is 10.2 Å². The average Bonchev–Trinajstić information content (AvgIpc) is 3.03. The summed E-state index contributed by atoms with van der Waals surface area (Å²) >= 11 is 0. The number of benzene rings is 1. The number of amides is 1. The predicted molar refractivity (Wildman–Crippen MR) is 126 cm³/mol. The van der Waals surface area contributed by atoms with Crippen molar-refractivity contribution in [2.45, 2.75) is 33.3 Å². The Morgan fingerprint density at radius 1 is 1.16 bits per heavy atom. The van der Waals surface area contributed by atoms with Crippen molar-refractivity contribution in [2.75, 3.05) is 11.1 Å². The molecule has 1 aliphatic carbocycles. The van der Waals surface area contributed by atoms with E-state index in [-0.39, 0.29) is 23.6 Å². The van der Waals surface area contributed by atoms with E-state index >= 15 is 0 Å². The molecule has 160 valence electrons. The summed E-state index contributed by atoms with van der Waals surface area (Å²) in [7, 11) is 0. The van der Waals surface area contributed by atoms with Gasteiger partial charge in [0, 0.05) is 23.0 Å². The summed E-state index contributed by atoms with van der Waals surface area (Å²) in [5.74, 6) is 0.614. The van der Waals surface area contributed by atoms with Crippen LogP contribution in [0, 0.1) is 11.3 Å². The maximum atomic E-state index is 12.7. The van der Waals surface area contributed by atoms with Gasteiger partial charge in [0.2, 0.25) is 5.91 Å². The quantitative estimate of drug-likeness (QED) is 0.442. The minimum atomic E-state index is -0.294. The number of carbonyl (C=O) groups excluding carboxylic acids is 1. The molecule has 3 rings (SSSR count). The van der Waals surface area contributed by atoms with E-state index in [1.165, 1.54) is 0 Å². The molecule has 31 heavy (non-hydrogen) atoms. The van der Waals surface area contributed by atoms with Gasteiger partial charge in [-0.2, -0.15) is 0 Å². The van der Waals surface area contributed by atoms with Gasteiger partial charge < -0.3 is 15.8 Å². The number of allylic oxidation sites excluding steroid dienone is 5. The van der Waals surface area contributed by atoms with E-state index < -0.39 is 0 Å². The summed E-state index contributed by atoms with van der Waals surface area (Å²) in [6.07, 6.45) is 12.2. The molecular formula is C25H28N4O2. The lowest BCUT2D eigenvalue weighted by atomic mass is 9.97. The lowest BCUT2D eigenvalue weighted by Crippen LogP contribution is -2.22. The van der Waals surface area contributed by atoms with E-state index in [1.54, 1.807) is 36.5 Å². The van der Waals surface area contributed by atoms with Crippen LogP contribution >= 0.6 is 0 Å². The first-order valence-electron chi connectivity index (χ1n) is 10.3. The number of aromatic nitrogens is 1. The lowest BCUT2D eigenvalue weighted by Gasteiger charge is -2.15. The number of nitrogens with two attached hydrogens (primary N) is 1. The SMILES string of the molecule is CC(C)Oc1ccc(N)c(C(=N)c2ccnc(NC(=O)C(C)C3=CC=CC=CC3)c2)c1. The fourth-order valence-corrected chi connectivity index (χ4v) is 3.23. The molecule has 4 N–H and O–H groups in total. The van der Waals surface area contributed by atoms with Crippen LogP contribution < -0.4 is 15.8 Å². The van der Waals surface area contributed by atoms with Crippen LogP contribution in [0.4, 0.5) is 11.5 Å². The molecule has 0 saturated carbocycles. The lowest BCUT2D eigenvalue weighted by molar-refractivity contribution is -0.118. The Morgan fingerprint density at radius 2 is 1.97 bits per heavy atom. The second kappa shape index (κ2) is 9.89. The minimum Gasteiger partial charge on any atom is -0.491 e. The molecule has 0 spiro atoms. The van der Waals surface area contributed by atoms with Crippen molar-refractivity contribution in [1.82, 2.24) is 4.98 Å². The average molecular weight is 417 g/mol. The zero-order valence-electron chi connectivity index (χ0n) is 18.1. The fourth-order valence-electron chi connectivity index (χ4n) is 3.23. The molecule has 2 aromatic rings. The third-order valence-electron chi connectivity index (χ3n) is 4.94. The molecule has 1 amide bonds. The molecular weight excluding hydrogens is 388 g/mol. The maximum Gasteiger partial charge on any atom is 0.232 e. The van der Waals surface area contributed by atoms with Crippen molar-refractivity contribution in [2.24, 2.45) is 5.92 Å². The van der Waals surface area contributed by atoms with E-state index in [9.17, 15) is 4.79 Å². The zero-order valence-corrected chi connectivity index (χ0v) is 18.1. The smallest absolute Gasteiger partial charge is 0.232 e. The van der Waals surface area contributed by atoms with Gasteiger partial charge >= 0.3 is 0 Å². The molecule has 0 saturated heterocycles. The third kappa shape index (κ3) is 5.69. The van der Waals surface area contributed by atoms with E-state index in [1.807, 2.05) is 51.2 Å². The van der Waals surface area contributed by atoms with Crippen molar-refractivity contribution in [1.29, 1.82) is 5.41 Å². The van der Waals surface area contributed by atoms with Crippen LogP contribution in [0.25, 0.3) is 0 Å². The van der Waals surface area contributed by atoms with Crippen LogP contribution in [-0.2, 0) is 4.79 Å². The number of carbonyl (C=O) groups is 1. The topological polar surface area (TPSA) is 101 Å². The summed E-state index contributed by atoms with van der Waals surface area (Å²) in [4.78, 5) is 17.0. The van der Waals surface area contributed by atoms with E-state index in [0.29, 0.717) is 28.4 Å². The molecule has 1 atom stereocenters. The summed E-state index contributed by atoms with van der Waals surface area (Å²) < 4.78 is 5.73. The van der Waals surface area contributed by atoms with Crippen LogP contribution in [0.2, 0.25) is 0 Å². The van der Waals surface area contributed by atoms with Crippen LogP contribution in [0.1, 0.15) is 38.3 Å². The Morgan fingerprint density at radius 3 is 2.74 bits per heavy atom. The molecule has 0 radical (unpaired) electrons. The van der Waals surface area contributed by atoms with Crippen LogP contribution in [0.3, 0.4) is 0 Å². The van der Waals surface area contributed by atoms with Gasteiger partial charge in [0.1, 0.15) is 11.6 Å². The Labute approximate surface area is 183 Å². The number of hydrogen-bond donors (Lipinski definition) is 3. The normalized spacial score (nSPS) is 14.0. The largest absolute Gasteiger partial charge is 0.491 e. The molecule has 6 heteroatoms. The summed E-state index contributed by atoms with van der Waals surface area (Å²) in [5.41, 5.74) is 9.03. The monoisotopic (exact) mass is 416 g/mol. The van der Waals surface area contributed by atoms with Crippen molar-refractivity contribution in [3.63, 3.8) is 0 Å². The first-order chi connectivity index (χ1) is 14.8. The molecule has 1 unspecified atom stereocenters. The van der Waals surface area contributed by atoms with Crippen LogP contribution in [-0.4, -0.2) is 22.7 Å². The molecule has 1 aliphatic rings. The number of anilines is 2. The molecule has 0 aliphatic heterocycles. The Bertz CT molecular complexity index is 1070. The standard InChI is InChI=1S/C25H28N4O2/c1-16(2)31-20-10-11-22(26)21(15-20)24(27)19-12-13-28-23(14-19)29-25(30)17(3)18-8-6-4-5-7-9-18/h4-8,10-17,27H,9,26H2,1-3H3,(H,28,29,30). The molecule has 0 fully saturated rings. The van der Waals surface area contributed by atoms with E-state index in [4.69, 9.17) is 15.9 Å². The van der Waals surface area contributed by atoms with E-state index in [0.717, 1.165) is 12.0 Å². The number of nitrogens with zero attached hydrogens (tertiary/aromatic N) is 1. The minimum absolute atomic E-state index is 0.0185. The summed E-state index contributed by atoms with van der Waals surface area (Å²) in [6, 6.07) is 8.69. The molecule has 1 aromatic heterocycles. The zero-order chi connectivity index (χ0) is 22.4. The first-order valence-corrected chi connectivity index (χ1v) is 10.3. The number of hydrogen-bond acceptors (Lipinski definition) is 5. The van der Waals surface area contributed by atoms with Crippen molar-refractivity contribution in [3.05, 3.63) is 83.6 Å². The van der Waals surface area contributed by atoms with Crippen molar-refractivity contribution >= 4 is 23.1 Å². The highest BCUT2D eigenvalue weighted by Gasteiger charge is 2.18. The molecule has 0 bridgehead atoms. The Hall–Kier alpha value is -3.67. The van der Waals surface area contributed by atoms with Gasteiger partial charge in [-0.25, -0.2) is 4.98 Å². The highest BCUT2D eigenvalue weighted by Crippen LogP contribution is 2.24. The number of ether oxygens (including phenoxy) is 1. The second-order valence-corrected chi connectivity index (χ2v) is 7.69. The van der Waals surface area contributed by atoms with Gasteiger partial charge in [0.05, 0.1) is 17.7 Å². The first kappa shape index (κ1) is 22.0. The van der Waals surface area contributed by atoms with Crippen molar-refractivity contribution in [3.8, 4) is 5.75 Å². The molecule has 1 heterocycles. The summed E-state index contributed by atoms with van der Waals surface area (Å²) in [6.45, 7) is 5.76. The van der Waals surface area contributed by atoms with Crippen molar-refractivity contribution < 1.29 is 9.53 Å². The molecule has 1 aromatic carbocycles. The van der Waals surface area contributed by atoms with Gasteiger partial charge in [-0.05, 0) is 57.5 Å². The highest BCUT2D eigenvalue weighted by atomic mass is 16.5. The van der Waals surface area contributed by atoms with Gasteiger partial charge in [-0.1, -0.05) is 36.0 Å². The number of pyridine rings is 1. The highest BCUT2D eigenvalue weighted by molar-refractivity contribution is 6.14. The van der Waals surface area contributed by atoms with Crippen LogP contribution in [0.15, 0.2) is 72.5 Å². The fraction of sp³-hybridized carbons (Fsp3) is 0.240. The second-order valence-electron chi connectivity index (χ2n) is 7.69. The number of rotatable bonds is 7. The molecule has 6 nitrogen and oxygen atoms in total.